The van der Waals surface area contributed by atoms with Crippen LogP contribution in [0.2, 0.25) is 0 Å². The Bertz CT molecular complexity index is 900. The number of hydrogen-bond acceptors (Lipinski definition) is 5. The van der Waals surface area contributed by atoms with Crippen molar-refractivity contribution in [3.8, 4) is 5.88 Å². The van der Waals surface area contributed by atoms with Crippen molar-refractivity contribution in [1.29, 1.82) is 0 Å². The summed E-state index contributed by atoms with van der Waals surface area (Å²) in [5, 5.41) is 9.39. The van der Waals surface area contributed by atoms with Crippen molar-refractivity contribution in [3.63, 3.8) is 0 Å². The summed E-state index contributed by atoms with van der Waals surface area (Å²) >= 11 is 0. The number of likely N-dealkylation sites (tertiary alicyclic amines) is 1. The molecular formula is C23H28N2O5. The molecule has 1 aromatic carbocycles. The lowest BCUT2D eigenvalue weighted by Crippen LogP contribution is -2.45. The van der Waals surface area contributed by atoms with Crippen LogP contribution in [-0.4, -0.2) is 46.7 Å². The van der Waals surface area contributed by atoms with Crippen LogP contribution in [0.3, 0.4) is 0 Å². The fourth-order valence-electron chi connectivity index (χ4n) is 3.91. The van der Waals surface area contributed by atoms with Crippen LogP contribution in [-0.2, 0) is 16.1 Å². The Morgan fingerprint density at radius 3 is 2.63 bits per heavy atom. The van der Waals surface area contributed by atoms with Gasteiger partial charge in [-0.25, -0.2) is 9.78 Å². The van der Waals surface area contributed by atoms with E-state index in [0.29, 0.717) is 25.5 Å². The average Bonchev–Trinajstić information content (AvgIpc) is 2.75. The minimum Gasteiger partial charge on any atom is -0.473 e. The van der Waals surface area contributed by atoms with Gasteiger partial charge in [0.05, 0.1) is 12.5 Å². The number of amides is 1. The molecule has 1 aliphatic rings. The molecule has 1 aromatic heterocycles. The summed E-state index contributed by atoms with van der Waals surface area (Å²) in [4.78, 5) is 30.0. The van der Waals surface area contributed by atoms with Gasteiger partial charge in [-0.3, -0.25) is 4.79 Å². The zero-order valence-electron chi connectivity index (χ0n) is 17.6. The number of rotatable bonds is 6. The molecule has 1 amide bonds. The van der Waals surface area contributed by atoms with Gasteiger partial charge >= 0.3 is 12.1 Å². The summed E-state index contributed by atoms with van der Waals surface area (Å²) in [6.07, 6.45) is -0.477. The van der Waals surface area contributed by atoms with E-state index in [1.807, 2.05) is 50.2 Å². The van der Waals surface area contributed by atoms with E-state index in [9.17, 15) is 14.7 Å². The first-order chi connectivity index (χ1) is 14.4. The van der Waals surface area contributed by atoms with E-state index in [1.165, 1.54) is 4.90 Å². The third kappa shape index (κ3) is 4.90. The van der Waals surface area contributed by atoms with E-state index in [2.05, 4.69) is 4.98 Å². The van der Waals surface area contributed by atoms with Crippen LogP contribution < -0.4 is 4.74 Å². The standard InChI is InChI=1S/C23H28N2O5/c1-4-29-22(26)20-13-25(23(27)28)11-10-18(20)19-12-21(24-16(3)15(19)2)30-14-17-8-6-5-7-9-17/h5-9,12,18,20H,4,10-11,13-14H2,1-3H3,(H,27,28). The first-order valence-corrected chi connectivity index (χ1v) is 10.2. The third-order valence-electron chi connectivity index (χ3n) is 5.63. The molecule has 7 heteroatoms. The van der Waals surface area contributed by atoms with Crippen molar-refractivity contribution >= 4 is 12.1 Å². The Hall–Kier alpha value is -3.09. The third-order valence-corrected chi connectivity index (χ3v) is 5.63. The molecule has 3 rings (SSSR count). The number of pyridine rings is 1. The van der Waals surface area contributed by atoms with Crippen LogP contribution in [0.25, 0.3) is 0 Å². The van der Waals surface area contributed by atoms with Gasteiger partial charge in [0, 0.05) is 30.8 Å². The van der Waals surface area contributed by atoms with Gasteiger partial charge in [0.2, 0.25) is 5.88 Å². The molecule has 2 aromatic rings. The van der Waals surface area contributed by atoms with Gasteiger partial charge < -0.3 is 19.5 Å². The lowest BCUT2D eigenvalue weighted by Gasteiger charge is -2.36. The molecular weight excluding hydrogens is 384 g/mol. The van der Waals surface area contributed by atoms with Crippen molar-refractivity contribution in [2.45, 2.75) is 39.7 Å². The zero-order valence-corrected chi connectivity index (χ0v) is 17.6. The molecule has 2 unspecified atom stereocenters. The molecule has 2 heterocycles. The molecule has 7 nitrogen and oxygen atoms in total. The molecule has 0 radical (unpaired) electrons. The Balaban J connectivity index is 1.88. The molecule has 1 N–H and O–H groups in total. The largest absolute Gasteiger partial charge is 0.473 e. The van der Waals surface area contributed by atoms with Gasteiger partial charge in [0.25, 0.3) is 0 Å². The number of hydrogen-bond donors (Lipinski definition) is 1. The normalized spacial score (nSPS) is 18.7. The van der Waals surface area contributed by atoms with Crippen molar-refractivity contribution in [2.24, 2.45) is 5.92 Å². The first kappa shape index (κ1) is 21.6. The van der Waals surface area contributed by atoms with Crippen molar-refractivity contribution < 1.29 is 24.2 Å². The quantitative estimate of drug-likeness (QED) is 0.724. The average molecular weight is 412 g/mol. The van der Waals surface area contributed by atoms with Gasteiger partial charge in [0.1, 0.15) is 6.61 Å². The van der Waals surface area contributed by atoms with E-state index in [1.54, 1.807) is 6.92 Å². The molecule has 1 fully saturated rings. The predicted molar refractivity (Wildman–Crippen MR) is 112 cm³/mol. The highest BCUT2D eigenvalue weighted by Crippen LogP contribution is 2.37. The number of aryl methyl sites for hydroxylation is 1. The van der Waals surface area contributed by atoms with Crippen molar-refractivity contribution in [3.05, 3.63) is 58.8 Å². The number of aromatic nitrogens is 1. The topological polar surface area (TPSA) is 89.0 Å². The van der Waals surface area contributed by atoms with Crippen LogP contribution in [0.5, 0.6) is 5.88 Å². The lowest BCUT2D eigenvalue weighted by atomic mass is 9.79. The fourth-order valence-corrected chi connectivity index (χ4v) is 3.91. The molecule has 0 saturated carbocycles. The van der Waals surface area contributed by atoms with Crippen LogP contribution in [0.15, 0.2) is 36.4 Å². The summed E-state index contributed by atoms with van der Waals surface area (Å²) in [5.74, 6) is -0.577. The minimum absolute atomic E-state index is 0.125. The van der Waals surface area contributed by atoms with E-state index in [0.717, 1.165) is 22.4 Å². The molecule has 0 aliphatic carbocycles. The monoisotopic (exact) mass is 412 g/mol. The number of benzene rings is 1. The van der Waals surface area contributed by atoms with Crippen molar-refractivity contribution in [2.75, 3.05) is 19.7 Å². The second-order valence-corrected chi connectivity index (χ2v) is 7.52. The predicted octanol–water partition coefficient (Wildman–Crippen LogP) is 3.92. The van der Waals surface area contributed by atoms with E-state index in [4.69, 9.17) is 9.47 Å². The van der Waals surface area contributed by atoms with Crippen LogP contribution in [0.1, 0.15) is 41.6 Å². The van der Waals surface area contributed by atoms with Gasteiger partial charge in [-0.15, -0.1) is 0 Å². The number of piperidine rings is 1. The highest BCUT2D eigenvalue weighted by Gasteiger charge is 2.39. The maximum Gasteiger partial charge on any atom is 0.407 e. The number of ether oxygens (including phenoxy) is 2. The maximum atomic E-state index is 12.7. The Morgan fingerprint density at radius 1 is 1.23 bits per heavy atom. The number of carboxylic acid groups (broad SMARTS) is 1. The summed E-state index contributed by atoms with van der Waals surface area (Å²) in [6, 6.07) is 11.7. The minimum atomic E-state index is -1.02. The molecule has 160 valence electrons. The number of carbonyl (C=O) groups excluding carboxylic acids is 1. The van der Waals surface area contributed by atoms with E-state index in [-0.39, 0.29) is 25.0 Å². The van der Waals surface area contributed by atoms with Gasteiger partial charge in [0.15, 0.2) is 0 Å². The van der Waals surface area contributed by atoms with Gasteiger partial charge in [-0.05, 0) is 43.9 Å². The van der Waals surface area contributed by atoms with Crippen LogP contribution in [0, 0.1) is 19.8 Å². The summed E-state index contributed by atoms with van der Waals surface area (Å²) in [5.41, 5.74) is 3.83. The Labute approximate surface area is 176 Å². The fraction of sp³-hybridized carbons (Fsp3) is 0.435. The zero-order chi connectivity index (χ0) is 21.7. The highest BCUT2D eigenvalue weighted by molar-refractivity contribution is 5.76. The smallest absolute Gasteiger partial charge is 0.407 e. The molecule has 1 aliphatic heterocycles. The Morgan fingerprint density at radius 2 is 1.97 bits per heavy atom. The highest BCUT2D eigenvalue weighted by atomic mass is 16.5. The van der Waals surface area contributed by atoms with E-state index < -0.39 is 12.0 Å². The van der Waals surface area contributed by atoms with Crippen LogP contribution in [0.4, 0.5) is 4.79 Å². The molecule has 1 saturated heterocycles. The second-order valence-electron chi connectivity index (χ2n) is 7.52. The number of esters is 1. The maximum absolute atomic E-state index is 12.7. The molecule has 30 heavy (non-hydrogen) atoms. The summed E-state index contributed by atoms with van der Waals surface area (Å²) < 4.78 is 11.2. The number of carbonyl (C=O) groups is 2. The lowest BCUT2D eigenvalue weighted by molar-refractivity contribution is -0.150. The molecule has 0 bridgehead atoms. The van der Waals surface area contributed by atoms with Crippen molar-refractivity contribution in [1.82, 2.24) is 9.88 Å². The first-order valence-electron chi connectivity index (χ1n) is 10.2. The van der Waals surface area contributed by atoms with Gasteiger partial charge in [-0.2, -0.15) is 0 Å². The molecule has 2 atom stereocenters. The van der Waals surface area contributed by atoms with Gasteiger partial charge in [-0.1, -0.05) is 30.3 Å². The van der Waals surface area contributed by atoms with Crippen LogP contribution >= 0.6 is 0 Å². The SMILES string of the molecule is CCOC(=O)C1CN(C(=O)O)CCC1c1cc(OCc2ccccc2)nc(C)c1C. The molecule has 0 spiro atoms. The summed E-state index contributed by atoms with van der Waals surface area (Å²) in [7, 11) is 0. The summed E-state index contributed by atoms with van der Waals surface area (Å²) in [6.45, 7) is 6.80. The second kappa shape index (κ2) is 9.61. The Kier molecular flexibility index (Phi) is 6.92. The number of nitrogens with zero attached hydrogens (tertiary/aromatic N) is 2. The van der Waals surface area contributed by atoms with E-state index >= 15 is 0 Å².